The molecule has 0 bridgehead atoms. The van der Waals surface area contributed by atoms with Crippen LogP contribution in [0.3, 0.4) is 0 Å². The standard InChI is InChI=1S/C10H8O3/c1-2-11-6-8-3-4-9-10(5-8)13-7-12-9/h1,3-5H,6-7H2. The van der Waals surface area contributed by atoms with Crippen LogP contribution < -0.4 is 9.47 Å². The van der Waals surface area contributed by atoms with Gasteiger partial charge in [0.2, 0.25) is 6.79 Å². The first-order valence-electron chi connectivity index (χ1n) is 3.86. The SMILES string of the molecule is C#COCc1ccc2c(c1)OCO2. The molecule has 13 heavy (non-hydrogen) atoms. The van der Waals surface area contributed by atoms with Crippen LogP contribution in [0.1, 0.15) is 5.56 Å². The molecule has 0 aliphatic carbocycles. The second-order valence-corrected chi connectivity index (χ2v) is 2.59. The molecule has 0 fully saturated rings. The Kier molecular flexibility index (Phi) is 1.97. The monoisotopic (exact) mass is 176 g/mol. The number of hydrogen-bond acceptors (Lipinski definition) is 3. The number of benzene rings is 1. The number of rotatable bonds is 2. The molecule has 66 valence electrons. The van der Waals surface area contributed by atoms with Crippen LogP contribution in [0.2, 0.25) is 0 Å². The minimum atomic E-state index is 0.286. The molecule has 1 heterocycles. The van der Waals surface area contributed by atoms with Crippen molar-refractivity contribution in [1.82, 2.24) is 0 Å². The van der Waals surface area contributed by atoms with Gasteiger partial charge in [-0.1, -0.05) is 12.5 Å². The lowest BCUT2D eigenvalue weighted by Gasteiger charge is -2.00. The third-order valence-electron chi connectivity index (χ3n) is 1.76. The highest BCUT2D eigenvalue weighted by molar-refractivity contribution is 5.44. The summed E-state index contributed by atoms with van der Waals surface area (Å²) in [5.74, 6) is 1.52. The normalized spacial score (nSPS) is 12.2. The Morgan fingerprint density at radius 3 is 3.08 bits per heavy atom. The number of terminal acetylenes is 1. The zero-order valence-electron chi connectivity index (χ0n) is 6.95. The van der Waals surface area contributed by atoms with E-state index >= 15 is 0 Å². The van der Waals surface area contributed by atoms with Crippen molar-refractivity contribution in [3.8, 4) is 24.0 Å². The summed E-state index contributed by atoms with van der Waals surface area (Å²) in [7, 11) is 0. The molecule has 3 nitrogen and oxygen atoms in total. The molecule has 1 aliphatic rings. The van der Waals surface area contributed by atoms with E-state index in [1.54, 1.807) is 0 Å². The summed E-state index contributed by atoms with van der Waals surface area (Å²) in [5.41, 5.74) is 0.974. The van der Waals surface area contributed by atoms with Gasteiger partial charge in [-0.15, -0.1) is 0 Å². The molecule has 0 spiro atoms. The lowest BCUT2D eigenvalue weighted by molar-refractivity contribution is 0.174. The fraction of sp³-hybridized carbons (Fsp3) is 0.200. The van der Waals surface area contributed by atoms with Gasteiger partial charge < -0.3 is 14.2 Å². The van der Waals surface area contributed by atoms with Crippen LogP contribution in [0.5, 0.6) is 11.5 Å². The van der Waals surface area contributed by atoms with Gasteiger partial charge in [-0.05, 0) is 17.7 Å². The predicted molar refractivity (Wildman–Crippen MR) is 46.2 cm³/mol. The van der Waals surface area contributed by atoms with E-state index < -0.39 is 0 Å². The van der Waals surface area contributed by atoms with Crippen LogP contribution in [0.4, 0.5) is 0 Å². The van der Waals surface area contributed by atoms with Crippen molar-refractivity contribution in [2.45, 2.75) is 6.61 Å². The van der Waals surface area contributed by atoms with Crippen molar-refractivity contribution in [2.75, 3.05) is 6.79 Å². The molecular formula is C10H8O3. The van der Waals surface area contributed by atoms with Crippen molar-refractivity contribution >= 4 is 0 Å². The number of ether oxygens (including phenoxy) is 3. The molecule has 0 saturated heterocycles. The summed E-state index contributed by atoms with van der Waals surface area (Å²) in [4.78, 5) is 0. The van der Waals surface area contributed by atoms with E-state index in [9.17, 15) is 0 Å². The van der Waals surface area contributed by atoms with Gasteiger partial charge >= 0.3 is 0 Å². The molecule has 0 atom stereocenters. The molecule has 3 heteroatoms. The van der Waals surface area contributed by atoms with Crippen LogP contribution in [0.15, 0.2) is 18.2 Å². The van der Waals surface area contributed by atoms with Crippen molar-refractivity contribution in [3.05, 3.63) is 23.8 Å². The third kappa shape index (κ3) is 1.52. The van der Waals surface area contributed by atoms with Gasteiger partial charge in [-0.2, -0.15) is 0 Å². The van der Waals surface area contributed by atoms with E-state index in [1.807, 2.05) is 18.2 Å². The summed E-state index contributed by atoms with van der Waals surface area (Å²) in [6.07, 6.45) is 7.07. The largest absolute Gasteiger partial charge is 0.454 e. The summed E-state index contributed by atoms with van der Waals surface area (Å²) >= 11 is 0. The van der Waals surface area contributed by atoms with E-state index in [0.717, 1.165) is 17.1 Å². The van der Waals surface area contributed by atoms with Crippen LogP contribution >= 0.6 is 0 Å². The second kappa shape index (κ2) is 3.28. The quantitative estimate of drug-likeness (QED) is 0.639. The van der Waals surface area contributed by atoms with Gasteiger partial charge in [0.05, 0.1) is 0 Å². The molecule has 0 unspecified atom stereocenters. The average Bonchev–Trinajstić information content (AvgIpc) is 2.61. The fourth-order valence-electron chi connectivity index (χ4n) is 1.16. The van der Waals surface area contributed by atoms with E-state index in [2.05, 4.69) is 6.11 Å². The molecule has 0 saturated carbocycles. The first kappa shape index (κ1) is 7.81. The van der Waals surface area contributed by atoms with Crippen molar-refractivity contribution in [1.29, 1.82) is 0 Å². The molecular weight excluding hydrogens is 168 g/mol. The first-order chi connectivity index (χ1) is 6.40. The van der Waals surface area contributed by atoms with Crippen LogP contribution in [0, 0.1) is 12.5 Å². The highest BCUT2D eigenvalue weighted by Crippen LogP contribution is 2.32. The predicted octanol–water partition coefficient (Wildman–Crippen LogP) is 1.52. The van der Waals surface area contributed by atoms with Crippen LogP contribution in [-0.2, 0) is 11.3 Å². The molecule has 1 aliphatic heterocycles. The minimum absolute atomic E-state index is 0.286. The zero-order chi connectivity index (χ0) is 9.10. The maximum Gasteiger partial charge on any atom is 0.231 e. The highest BCUT2D eigenvalue weighted by Gasteiger charge is 2.12. The Balaban J connectivity index is 2.17. The topological polar surface area (TPSA) is 27.7 Å². The molecule has 2 rings (SSSR count). The van der Waals surface area contributed by atoms with E-state index in [1.165, 1.54) is 0 Å². The Morgan fingerprint density at radius 2 is 2.23 bits per heavy atom. The van der Waals surface area contributed by atoms with Crippen LogP contribution in [-0.4, -0.2) is 6.79 Å². The zero-order valence-corrected chi connectivity index (χ0v) is 6.95. The fourth-order valence-corrected chi connectivity index (χ4v) is 1.16. The van der Waals surface area contributed by atoms with Crippen molar-refractivity contribution < 1.29 is 14.2 Å². The highest BCUT2D eigenvalue weighted by atomic mass is 16.7. The van der Waals surface area contributed by atoms with Gasteiger partial charge in [0.1, 0.15) is 12.7 Å². The lowest BCUT2D eigenvalue weighted by atomic mass is 10.2. The van der Waals surface area contributed by atoms with Gasteiger partial charge in [-0.25, -0.2) is 0 Å². The lowest BCUT2D eigenvalue weighted by Crippen LogP contribution is -1.93. The van der Waals surface area contributed by atoms with E-state index in [0.29, 0.717) is 6.61 Å². The van der Waals surface area contributed by atoms with Gasteiger partial charge in [0.15, 0.2) is 11.5 Å². The number of hydrogen-bond donors (Lipinski definition) is 0. The maximum atomic E-state index is 5.19. The van der Waals surface area contributed by atoms with Gasteiger partial charge in [0.25, 0.3) is 0 Å². The van der Waals surface area contributed by atoms with Crippen molar-refractivity contribution in [2.24, 2.45) is 0 Å². The van der Waals surface area contributed by atoms with E-state index in [4.69, 9.17) is 20.6 Å². The summed E-state index contributed by atoms with van der Waals surface area (Å²) in [6, 6.07) is 5.60. The van der Waals surface area contributed by atoms with Crippen LogP contribution in [0.25, 0.3) is 0 Å². The molecule has 0 radical (unpaired) electrons. The Labute approximate surface area is 76.2 Å². The first-order valence-corrected chi connectivity index (χ1v) is 3.86. The Bertz CT molecular complexity index is 352. The summed E-state index contributed by atoms with van der Waals surface area (Å²) in [6.45, 7) is 0.682. The van der Waals surface area contributed by atoms with Gasteiger partial charge in [0, 0.05) is 0 Å². The second-order valence-electron chi connectivity index (χ2n) is 2.59. The molecule has 1 aromatic rings. The Hall–Kier alpha value is -1.82. The molecule has 1 aromatic carbocycles. The smallest absolute Gasteiger partial charge is 0.231 e. The maximum absolute atomic E-state index is 5.19. The molecule has 0 aromatic heterocycles. The minimum Gasteiger partial charge on any atom is -0.454 e. The number of fused-ring (bicyclic) bond motifs is 1. The van der Waals surface area contributed by atoms with Gasteiger partial charge in [-0.3, -0.25) is 0 Å². The third-order valence-corrected chi connectivity index (χ3v) is 1.76. The van der Waals surface area contributed by atoms with E-state index in [-0.39, 0.29) is 6.79 Å². The molecule has 0 amide bonds. The average molecular weight is 176 g/mol. The Morgan fingerprint density at radius 1 is 1.38 bits per heavy atom. The summed E-state index contributed by atoms with van der Waals surface area (Å²) in [5, 5.41) is 0. The summed E-state index contributed by atoms with van der Waals surface area (Å²) < 4.78 is 15.2. The molecule has 0 N–H and O–H groups in total. The van der Waals surface area contributed by atoms with Crippen molar-refractivity contribution in [3.63, 3.8) is 0 Å².